The van der Waals surface area contributed by atoms with Gasteiger partial charge in [0.1, 0.15) is 11.6 Å². The first-order chi connectivity index (χ1) is 13.5. The van der Waals surface area contributed by atoms with Crippen molar-refractivity contribution in [3.63, 3.8) is 0 Å². The molecule has 0 fully saturated rings. The Morgan fingerprint density at radius 3 is 2.68 bits per heavy atom. The molecule has 1 N–H and O–H groups in total. The van der Waals surface area contributed by atoms with Crippen molar-refractivity contribution in [3.05, 3.63) is 54.2 Å². The van der Waals surface area contributed by atoms with Gasteiger partial charge in [-0.05, 0) is 37.1 Å². The molecule has 3 aromatic rings. The number of carbonyl (C=O) groups is 1. The predicted molar refractivity (Wildman–Crippen MR) is 106 cm³/mol. The number of halogens is 1. The topological polar surface area (TPSA) is 73.0 Å². The minimum Gasteiger partial charge on any atom is -0.467 e. The number of aromatic nitrogens is 3. The molecule has 3 rings (SSSR count). The van der Waals surface area contributed by atoms with Crippen LogP contribution in [0, 0.1) is 11.7 Å². The van der Waals surface area contributed by atoms with Gasteiger partial charge in [-0.3, -0.25) is 4.79 Å². The lowest BCUT2D eigenvalue weighted by Crippen LogP contribution is -2.30. The van der Waals surface area contributed by atoms with Gasteiger partial charge in [0.05, 0.1) is 23.6 Å². The summed E-state index contributed by atoms with van der Waals surface area (Å²) in [4.78, 5) is 12.4. The molecule has 0 unspecified atom stereocenters. The van der Waals surface area contributed by atoms with Crippen LogP contribution in [0.15, 0.2) is 52.2 Å². The first-order valence-corrected chi connectivity index (χ1v) is 9.98. The second-order valence-electron chi connectivity index (χ2n) is 6.85. The van der Waals surface area contributed by atoms with E-state index in [0.717, 1.165) is 0 Å². The van der Waals surface area contributed by atoms with Gasteiger partial charge in [0.2, 0.25) is 5.91 Å². The van der Waals surface area contributed by atoms with E-state index < -0.39 is 5.25 Å². The largest absolute Gasteiger partial charge is 0.467 e. The van der Waals surface area contributed by atoms with E-state index in [-0.39, 0.29) is 11.7 Å². The minimum atomic E-state index is -0.390. The van der Waals surface area contributed by atoms with Gasteiger partial charge in [-0.1, -0.05) is 37.7 Å². The summed E-state index contributed by atoms with van der Waals surface area (Å²) in [5.41, 5.74) is 0.400. The lowest BCUT2D eigenvalue weighted by Gasteiger charge is -2.15. The van der Waals surface area contributed by atoms with Gasteiger partial charge in [0, 0.05) is 6.54 Å². The average Bonchev–Trinajstić information content (AvgIpc) is 3.30. The van der Waals surface area contributed by atoms with Crippen LogP contribution in [0.2, 0.25) is 0 Å². The first kappa shape index (κ1) is 20.1. The maximum Gasteiger partial charge on any atom is 0.233 e. The molecule has 1 aromatic carbocycles. The maximum atomic E-state index is 14.3. The van der Waals surface area contributed by atoms with Gasteiger partial charge in [0.25, 0.3) is 0 Å². The zero-order valence-corrected chi connectivity index (χ0v) is 16.9. The monoisotopic (exact) mass is 402 g/mol. The SMILES string of the molecule is CC(C)Cn1c(S[C@H](C)C(=O)NCc2ccco2)nnc1-c1ccccc1F. The molecule has 8 heteroatoms. The van der Waals surface area contributed by atoms with E-state index in [1.807, 2.05) is 4.57 Å². The molecule has 2 heterocycles. The smallest absolute Gasteiger partial charge is 0.233 e. The summed E-state index contributed by atoms with van der Waals surface area (Å²) in [5.74, 6) is 0.991. The number of furan rings is 1. The highest BCUT2D eigenvalue weighted by Crippen LogP contribution is 2.29. The zero-order valence-electron chi connectivity index (χ0n) is 16.1. The summed E-state index contributed by atoms with van der Waals surface area (Å²) in [6.45, 7) is 6.90. The van der Waals surface area contributed by atoms with Crippen LogP contribution in [0.25, 0.3) is 11.4 Å². The van der Waals surface area contributed by atoms with Crippen LogP contribution >= 0.6 is 11.8 Å². The van der Waals surface area contributed by atoms with E-state index in [1.165, 1.54) is 17.8 Å². The third-order valence-corrected chi connectivity index (χ3v) is 5.13. The molecule has 0 saturated carbocycles. The molecule has 0 aliphatic rings. The van der Waals surface area contributed by atoms with Crippen molar-refractivity contribution in [2.45, 2.75) is 44.3 Å². The number of amides is 1. The van der Waals surface area contributed by atoms with Crippen molar-refractivity contribution in [1.29, 1.82) is 0 Å². The molecular weight excluding hydrogens is 379 g/mol. The number of rotatable bonds is 8. The third-order valence-electron chi connectivity index (χ3n) is 4.05. The fourth-order valence-electron chi connectivity index (χ4n) is 2.69. The standard InChI is InChI=1S/C20H23FN4O2S/c1-13(2)12-25-18(16-8-4-5-9-17(16)21)23-24-20(25)28-14(3)19(26)22-11-15-7-6-10-27-15/h4-10,13-14H,11-12H2,1-3H3,(H,22,26)/t14-/m1/s1. The van der Waals surface area contributed by atoms with Crippen LogP contribution in [-0.4, -0.2) is 25.9 Å². The Bertz CT molecular complexity index is 924. The van der Waals surface area contributed by atoms with Crippen LogP contribution in [0.5, 0.6) is 0 Å². The van der Waals surface area contributed by atoms with Crippen molar-refractivity contribution in [3.8, 4) is 11.4 Å². The van der Waals surface area contributed by atoms with E-state index in [1.54, 1.807) is 43.5 Å². The van der Waals surface area contributed by atoms with Crippen molar-refractivity contribution in [1.82, 2.24) is 20.1 Å². The van der Waals surface area contributed by atoms with Gasteiger partial charge >= 0.3 is 0 Å². The maximum absolute atomic E-state index is 14.3. The van der Waals surface area contributed by atoms with E-state index in [4.69, 9.17) is 4.42 Å². The normalized spacial score (nSPS) is 12.3. The van der Waals surface area contributed by atoms with E-state index >= 15 is 0 Å². The second kappa shape index (κ2) is 9.05. The molecule has 1 atom stereocenters. The summed E-state index contributed by atoms with van der Waals surface area (Å²) < 4.78 is 21.4. The molecule has 0 bridgehead atoms. The number of nitrogens with zero attached hydrogens (tertiary/aromatic N) is 3. The summed E-state index contributed by atoms with van der Waals surface area (Å²) >= 11 is 1.30. The molecule has 0 saturated heterocycles. The number of carbonyl (C=O) groups excluding carboxylic acids is 1. The van der Waals surface area contributed by atoms with E-state index in [9.17, 15) is 9.18 Å². The Labute approximate surface area is 167 Å². The molecular formula is C20H23FN4O2S. The molecule has 2 aromatic heterocycles. The van der Waals surface area contributed by atoms with Crippen molar-refractivity contribution in [2.24, 2.45) is 5.92 Å². The first-order valence-electron chi connectivity index (χ1n) is 9.10. The van der Waals surface area contributed by atoms with Crippen LogP contribution < -0.4 is 5.32 Å². The number of thioether (sulfide) groups is 1. The summed E-state index contributed by atoms with van der Waals surface area (Å²) in [6.07, 6.45) is 1.57. The van der Waals surface area contributed by atoms with Crippen molar-refractivity contribution < 1.29 is 13.6 Å². The Kier molecular flexibility index (Phi) is 6.51. The summed E-state index contributed by atoms with van der Waals surface area (Å²) in [5, 5.41) is 11.5. The molecule has 1 amide bonds. The van der Waals surface area contributed by atoms with Gasteiger partial charge in [0.15, 0.2) is 11.0 Å². The lowest BCUT2D eigenvalue weighted by molar-refractivity contribution is -0.120. The number of benzene rings is 1. The second-order valence-corrected chi connectivity index (χ2v) is 8.16. The van der Waals surface area contributed by atoms with Crippen LogP contribution in [0.4, 0.5) is 4.39 Å². The van der Waals surface area contributed by atoms with Crippen molar-refractivity contribution >= 4 is 17.7 Å². The fraction of sp³-hybridized carbons (Fsp3) is 0.350. The fourth-order valence-corrected chi connectivity index (χ4v) is 3.57. The van der Waals surface area contributed by atoms with Crippen LogP contribution in [0.1, 0.15) is 26.5 Å². The number of hydrogen-bond donors (Lipinski definition) is 1. The molecule has 148 valence electrons. The highest BCUT2D eigenvalue weighted by Gasteiger charge is 2.22. The number of hydrogen-bond acceptors (Lipinski definition) is 5. The predicted octanol–water partition coefficient (Wildman–Crippen LogP) is 4.13. The Balaban J connectivity index is 1.77. The number of nitrogens with one attached hydrogen (secondary N) is 1. The van der Waals surface area contributed by atoms with Gasteiger partial charge < -0.3 is 14.3 Å². The summed E-state index contributed by atoms with van der Waals surface area (Å²) in [7, 11) is 0. The molecule has 0 aliphatic carbocycles. The van der Waals surface area contributed by atoms with Crippen molar-refractivity contribution in [2.75, 3.05) is 0 Å². The highest BCUT2D eigenvalue weighted by molar-refractivity contribution is 8.00. The van der Waals surface area contributed by atoms with Gasteiger partial charge in [-0.25, -0.2) is 4.39 Å². The van der Waals surface area contributed by atoms with E-state index in [0.29, 0.717) is 41.3 Å². The Morgan fingerprint density at radius 2 is 2.00 bits per heavy atom. The highest BCUT2D eigenvalue weighted by atomic mass is 32.2. The van der Waals surface area contributed by atoms with Crippen LogP contribution in [-0.2, 0) is 17.9 Å². The summed E-state index contributed by atoms with van der Waals surface area (Å²) in [6, 6.07) is 10.1. The lowest BCUT2D eigenvalue weighted by atomic mass is 10.2. The average molecular weight is 402 g/mol. The Hall–Kier alpha value is -2.61. The zero-order chi connectivity index (χ0) is 20.1. The van der Waals surface area contributed by atoms with Gasteiger partial charge in [-0.15, -0.1) is 10.2 Å². The molecule has 0 aliphatic heterocycles. The molecule has 0 radical (unpaired) electrons. The van der Waals surface area contributed by atoms with Crippen LogP contribution in [0.3, 0.4) is 0 Å². The molecule has 28 heavy (non-hydrogen) atoms. The van der Waals surface area contributed by atoms with Gasteiger partial charge in [-0.2, -0.15) is 0 Å². The minimum absolute atomic E-state index is 0.132. The quantitative estimate of drug-likeness (QED) is 0.574. The molecule has 6 nitrogen and oxygen atoms in total. The van der Waals surface area contributed by atoms with E-state index in [2.05, 4.69) is 29.4 Å². The molecule has 0 spiro atoms. The Morgan fingerprint density at radius 1 is 1.21 bits per heavy atom. The third kappa shape index (κ3) is 4.81.